The number of hydrogen-bond acceptors (Lipinski definition) is 3. The summed E-state index contributed by atoms with van der Waals surface area (Å²) in [6, 6.07) is 9.18. The molecule has 1 aromatic carbocycles. The van der Waals surface area contributed by atoms with Gasteiger partial charge in [0, 0.05) is 0 Å². The van der Waals surface area contributed by atoms with Crippen LogP contribution in [0, 0.1) is 28.9 Å². The Kier molecular flexibility index (Phi) is 4.75. The van der Waals surface area contributed by atoms with Crippen molar-refractivity contribution in [2.24, 2.45) is 5.41 Å². The molecule has 0 saturated carbocycles. The molecule has 0 aliphatic rings. The molecule has 0 saturated heterocycles. The number of hydrogen-bond donors (Lipinski definition) is 0. The van der Waals surface area contributed by atoms with Gasteiger partial charge >= 0.3 is 109 Å². The Labute approximate surface area is 108 Å². The van der Waals surface area contributed by atoms with Crippen molar-refractivity contribution in [3.05, 3.63) is 44.0 Å². The second-order valence-corrected chi connectivity index (χ2v) is 7.91. The first kappa shape index (κ1) is 13.8. The molecule has 0 aliphatic carbocycles. The van der Waals surface area contributed by atoms with Crippen LogP contribution in [-0.2, 0) is 3.17 Å². The molecule has 0 radical (unpaired) electrons. The Hall–Kier alpha value is -1.29. The maximum absolute atomic E-state index is 10.5. The van der Waals surface area contributed by atoms with Gasteiger partial charge in [-0.2, -0.15) is 0 Å². The predicted molar refractivity (Wildman–Crippen MR) is 74.5 cm³/mol. The van der Waals surface area contributed by atoms with Crippen LogP contribution in [0.3, 0.4) is 0 Å². The van der Waals surface area contributed by atoms with Gasteiger partial charge in [-0.25, -0.2) is 0 Å². The molecular weight excluding hydrogens is 333 g/mol. The first-order valence-corrected chi connectivity index (χ1v) is 8.03. The summed E-state index contributed by atoms with van der Waals surface area (Å²) in [6.45, 7) is 5.89. The van der Waals surface area contributed by atoms with Gasteiger partial charge in [0.25, 0.3) is 0 Å². The first-order valence-electron chi connectivity index (χ1n) is 4.99. The molecule has 0 aromatic heterocycles. The van der Waals surface area contributed by atoms with E-state index in [0.29, 0.717) is 0 Å². The minimum absolute atomic E-state index is 0.176. The van der Waals surface area contributed by atoms with Crippen molar-refractivity contribution in [2.75, 3.05) is 0 Å². The zero-order valence-corrected chi connectivity index (χ0v) is 12.1. The molecule has 4 nitrogen and oxygen atoms in total. The van der Waals surface area contributed by atoms with E-state index >= 15 is 0 Å². The second kappa shape index (κ2) is 5.87. The van der Waals surface area contributed by atoms with Crippen LogP contribution < -0.4 is 0 Å². The number of rotatable bonds is 3. The zero-order valence-electron chi connectivity index (χ0n) is 9.94. The SMILES string of the molecule is CC(C)(C)C#CI(O[N+](=O)[O-])c1ccccc1. The molecule has 5 heteroatoms. The van der Waals surface area contributed by atoms with Crippen LogP contribution >= 0.6 is 20.2 Å². The van der Waals surface area contributed by atoms with Gasteiger partial charge in [-0.3, -0.25) is 0 Å². The topological polar surface area (TPSA) is 52.4 Å². The van der Waals surface area contributed by atoms with Gasteiger partial charge in [-0.15, -0.1) is 0 Å². The third kappa shape index (κ3) is 5.54. The number of benzene rings is 1. The van der Waals surface area contributed by atoms with Crippen LogP contribution in [0.2, 0.25) is 0 Å². The summed E-state index contributed by atoms with van der Waals surface area (Å²) in [6.07, 6.45) is 0. The van der Waals surface area contributed by atoms with E-state index in [1.807, 2.05) is 51.1 Å². The Morgan fingerprint density at radius 1 is 1.29 bits per heavy atom. The van der Waals surface area contributed by atoms with Gasteiger partial charge in [0.1, 0.15) is 0 Å². The van der Waals surface area contributed by atoms with Crippen LogP contribution in [0.5, 0.6) is 0 Å². The number of halogens is 1. The molecule has 92 valence electrons. The van der Waals surface area contributed by atoms with Crippen molar-refractivity contribution in [2.45, 2.75) is 20.8 Å². The van der Waals surface area contributed by atoms with Gasteiger partial charge in [-0.1, -0.05) is 0 Å². The van der Waals surface area contributed by atoms with E-state index < -0.39 is 25.3 Å². The molecule has 17 heavy (non-hydrogen) atoms. The van der Waals surface area contributed by atoms with E-state index in [-0.39, 0.29) is 5.41 Å². The second-order valence-electron chi connectivity index (χ2n) is 4.31. The van der Waals surface area contributed by atoms with Crippen molar-refractivity contribution >= 4 is 20.2 Å². The normalized spacial score (nSPS) is 11.1. The third-order valence-electron chi connectivity index (χ3n) is 1.56. The molecule has 0 N–H and O–H groups in total. The minimum atomic E-state index is -2.50. The van der Waals surface area contributed by atoms with Crippen LogP contribution in [0.15, 0.2) is 30.3 Å². The predicted octanol–water partition coefficient (Wildman–Crippen LogP) is 3.49. The fourth-order valence-electron chi connectivity index (χ4n) is 0.882. The van der Waals surface area contributed by atoms with Crippen molar-refractivity contribution in [3.63, 3.8) is 0 Å². The molecule has 0 spiro atoms. The molecule has 0 heterocycles. The maximum atomic E-state index is 10.5. The van der Waals surface area contributed by atoms with E-state index in [0.717, 1.165) is 3.57 Å². The summed E-state index contributed by atoms with van der Waals surface area (Å²) >= 11 is -2.50. The average molecular weight is 347 g/mol. The molecule has 0 aliphatic heterocycles. The van der Waals surface area contributed by atoms with E-state index in [1.165, 1.54) is 0 Å². The summed E-state index contributed by atoms with van der Waals surface area (Å²) in [5.74, 6) is 3.02. The standard InChI is InChI=1S/C12H14INO3/c1-12(2,3)9-10-13(17-14(15)16)11-7-5-4-6-8-11/h4-8H,1-3H3. The van der Waals surface area contributed by atoms with Crippen LogP contribution in [0.25, 0.3) is 0 Å². The molecule has 1 aromatic rings. The van der Waals surface area contributed by atoms with Crippen LogP contribution in [0.1, 0.15) is 20.8 Å². The Bertz CT molecular complexity index is 442. The van der Waals surface area contributed by atoms with Crippen LogP contribution in [-0.4, -0.2) is 5.09 Å². The van der Waals surface area contributed by atoms with Gasteiger partial charge < -0.3 is 0 Å². The summed E-state index contributed by atoms with van der Waals surface area (Å²) in [5.41, 5.74) is -0.176. The van der Waals surface area contributed by atoms with E-state index in [1.54, 1.807) is 0 Å². The first-order chi connectivity index (χ1) is 7.88. The third-order valence-corrected chi connectivity index (χ3v) is 4.89. The quantitative estimate of drug-likeness (QED) is 0.364. The van der Waals surface area contributed by atoms with Gasteiger partial charge in [0.2, 0.25) is 0 Å². The molecular formula is C12H14INO3. The summed E-state index contributed by atoms with van der Waals surface area (Å²) < 4.78 is 8.53. The van der Waals surface area contributed by atoms with E-state index in [2.05, 4.69) is 9.85 Å². The Balaban J connectivity index is 2.96. The van der Waals surface area contributed by atoms with E-state index in [9.17, 15) is 10.1 Å². The monoisotopic (exact) mass is 347 g/mol. The van der Waals surface area contributed by atoms with Crippen molar-refractivity contribution in [3.8, 4) is 9.85 Å². The van der Waals surface area contributed by atoms with Crippen molar-refractivity contribution in [1.82, 2.24) is 0 Å². The molecule has 0 fully saturated rings. The van der Waals surface area contributed by atoms with Gasteiger partial charge in [0.15, 0.2) is 0 Å². The molecule has 0 amide bonds. The fourth-order valence-corrected chi connectivity index (χ4v) is 3.96. The average Bonchev–Trinajstić information content (AvgIpc) is 2.24. The fraction of sp³-hybridized carbons (Fsp3) is 0.333. The molecule has 0 bridgehead atoms. The summed E-state index contributed by atoms with van der Waals surface area (Å²) in [7, 11) is 0. The molecule has 0 unspecified atom stereocenters. The zero-order chi connectivity index (χ0) is 12.9. The van der Waals surface area contributed by atoms with Crippen molar-refractivity contribution in [1.29, 1.82) is 0 Å². The Morgan fingerprint density at radius 2 is 1.88 bits per heavy atom. The summed E-state index contributed by atoms with van der Waals surface area (Å²) in [5, 5.41) is 9.72. The number of nitrogens with zero attached hydrogens (tertiary/aromatic N) is 1. The van der Waals surface area contributed by atoms with Gasteiger partial charge in [-0.05, 0) is 0 Å². The van der Waals surface area contributed by atoms with Gasteiger partial charge in [0.05, 0.1) is 0 Å². The van der Waals surface area contributed by atoms with Crippen LogP contribution in [0.4, 0.5) is 0 Å². The Morgan fingerprint density at radius 3 is 2.35 bits per heavy atom. The van der Waals surface area contributed by atoms with E-state index in [4.69, 9.17) is 3.17 Å². The molecule has 0 atom stereocenters. The van der Waals surface area contributed by atoms with Crippen molar-refractivity contribution < 1.29 is 8.25 Å². The molecule has 1 rings (SSSR count). The summed E-state index contributed by atoms with van der Waals surface area (Å²) in [4.78, 5) is 10.5.